The zero-order chi connectivity index (χ0) is 17.1. The lowest BCUT2D eigenvalue weighted by molar-refractivity contribution is 0.569. The van der Waals surface area contributed by atoms with Crippen LogP contribution in [0, 0.1) is 5.82 Å². The molecule has 0 aliphatic heterocycles. The van der Waals surface area contributed by atoms with E-state index in [1.807, 2.05) is 6.07 Å². The van der Waals surface area contributed by atoms with Crippen LogP contribution in [0.4, 0.5) is 4.39 Å². The summed E-state index contributed by atoms with van der Waals surface area (Å²) >= 11 is 5.95. The molecule has 0 radical (unpaired) electrons. The second-order valence-electron chi connectivity index (χ2n) is 5.36. The van der Waals surface area contributed by atoms with Gasteiger partial charge in [0.15, 0.2) is 0 Å². The number of hydrogen-bond donors (Lipinski definition) is 3. The first kappa shape index (κ1) is 15.1. The monoisotopic (exact) mass is 364 g/mol. The molecule has 4 aromatic rings. The van der Waals surface area contributed by atoms with E-state index in [4.69, 9.17) is 16.7 Å². The maximum absolute atomic E-state index is 13.9. The number of hydrogen-bond acceptors (Lipinski definition) is 3. The molecular weight excluding hydrogens is 355 g/mol. The van der Waals surface area contributed by atoms with Crippen LogP contribution in [0.25, 0.3) is 33.2 Å². The summed E-state index contributed by atoms with van der Waals surface area (Å²) in [6.07, 6.45) is 0. The van der Waals surface area contributed by atoms with Crippen molar-refractivity contribution in [2.45, 2.75) is 4.90 Å². The van der Waals surface area contributed by atoms with Crippen molar-refractivity contribution < 1.29 is 12.8 Å². The lowest BCUT2D eigenvalue weighted by atomic mass is 10.1. The highest BCUT2D eigenvalue weighted by Gasteiger charge is 2.18. The minimum atomic E-state index is -4.13. The molecule has 4 rings (SSSR count). The maximum atomic E-state index is 13.9. The van der Waals surface area contributed by atoms with E-state index in [1.165, 1.54) is 6.07 Å². The summed E-state index contributed by atoms with van der Waals surface area (Å²) in [5, 5.41) is 14.1. The van der Waals surface area contributed by atoms with Gasteiger partial charge in [0.1, 0.15) is 16.4 Å². The van der Waals surface area contributed by atoms with E-state index in [2.05, 4.69) is 15.2 Å². The number of aromatic nitrogens is 3. The molecule has 6 nitrogen and oxygen atoms in total. The Balaban J connectivity index is 1.94. The standard InChI is InChI=1S/C15H10ClFN4O2S/c16-8-1-2-9-12(5-8)20-21-15(9)13-3-7-4-14(24(18,22)23)10(17)6-11(7)19-13/h1-6,19H,(H,20,21)(H2,18,22,23). The Morgan fingerprint density at radius 3 is 2.67 bits per heavy atom. The molecule has 0 fully saturated rings. The highest BCUT2D eigenvalue weighted by Crippen LogP contribution is 2.31. The Morgan fingerprint density at radius 2 is 1.92 bits per heavy atom. The lowest BCUT2D eigenvalue weighted by Crippen LogP contribution is -2.13. The van der Waals surface area contributed by atoms with Crippen molar-refractivity contribution in [2.24, 2.45) is 5.14 Å². The smallest absolute Gasteiger partial charge is 0.240 e. The van der Waals surface area contributed by atoms with Crippen molar-refractivity contribution >= 4 is 43.4 Å². The number of sulfonamides is 1. The molecule has 0 spiro atoms. The van der Waals surface area contributed by atoms with Crippen molar-refractivity contribution in [1.29, 1.82) is 0 Å². The Labute approximate surface area is 140 Å². The molecule has 122 valence electrons. The van der Waals surface area contributed by atoms with Gasteiger partial charge in [0.25, 0.3) is 0 Å². The van der Waals surface area contributed by atoms with Crippen molar-refractivity contribution in [3.63, 3.8) is 0 Å². The lowest BCUT2D eigenvalue weighted by Gasteiger charge is -2.00. The topological polar surface area (TPSA) is 105 Å². The average molecular weight is 365 g/mol. The van der Waals surface area contributed by atoms with Gasteiger partial charge >= 0.3 is 0 Å². The van der Waals surface area contributed by atoms with Gasteiger partial charge < -0.3 is 4.98 Å². The molecule has 0 saturated heterocycles. The third kappa shape index (κ3) is 2.35. The molecule has 2 aromatic heterocycles. The second-order valence-corrected chi connectivity index (χ2v) is 7.33. The first-order valence-electron chi connectivity index (χ1n) is 6.82. The summed E-state index contributed by atoms with van der Waals surface area (Å²) in [6.45, 7) is 0. The van der Waals surface area contributed by atoms with Crippen molar-refractivity contribution in [3.8, 4) is 11.4 Å². The van der Waals surface area contributed by atoms with Gasteiger partial charge in [-0.1, -0.05) is 11.6 Å². The highest BCUT2D eigenvalue weighted by atomic mass is 35.5. The molecule has 24 heavy (non-hydrogen) atoms. The van der Waals surface area contributed by atoms with E-state index in [9.17, 15) is 12.8 Å². The zero-order valence-electron chi connectivity index (χ0n) is 12.0. The first-order valence-corrected chi connectivity index (χ1v) is 8.74. The van der Waals surface area contributed by atoms with Gasteiger partial charge in [-0.05, 0) is 36.4 Å². The summed E-state index contributed by atoms with van der Waals surface area (Å²) < 4.78 is 36.8. The Bertz CT molecular complexity index is 1210. The van der Waals surface area contributed by atoms with E-state index >= 15 is 0 Å². The largest absolute Gasteiger partial charge is 0.353 e. The van der Waals surface area contributed by atoms with E-state index in [1.54, 1.807) is 18.2 Å². The minimum absolute atomic E-state index is 0.444. The summed E-state index contributed by atoms with van der Waals surface area (Å²) in [5.74, 6) is -0.905. The fraction of sp³-hybridized carbons (Fsp3) is 0. The van der Waals surface area contributed by atoms with Crippen LogP contribution in [0.15, 0.2) is 41.3 Å². The average Bonchev–Trinajstić information content (AvgIpc) is 3.07. The van der Waals surface area contributed by atoms with E-state index in [0.717, 1.165) is 17.0 Å². The molecule has 4 N–H and O–H groups in total. The molecule has 0 atom stereocenters. The van der Waals surface area contributed by atoms with E-state index in [-0.39, 0.29) is 0 Å². The third-order valence-corrected chi connectivity index (χ3v) is 4.92. The van der Waals surface area contributed by atoms with Crippen LogP contribution in [0.3, 0.4) is 0 Å². The number of rotatable bonds is 2. The van der Waals surface area contributed by atoms with Crippen LogP contribution in [0.2, 0.25) is 5.02 Å². The molecule has 0 aliphatic carbocycles. The molecule has 2 heterocycles. The quantitative estimate of drug-likeness (QED) is 0.508. The molecule has 9 heteroatoms. The van der Waals surface area contributed by atoms with Gasteiger partial charge in [0, 0.05) is 21.3 Å². The van der Waals surface area contributed by atoms with Gasteiger partial charge in [-0.3, -0.25) is 5.10 Å². The van der Waals surface area contributed by atoms with Gasteiger partial charge in [0.2, 0.25) is 10.0 Å². The number of halogens is 2. The van der Waals surface area contributed by atoms with Crippen LogP contribution in [-0.4, -0.2) is 23.6 Å². The Hall–Kier alpha value is -2.42. The highest BCUT2D eigenvalue weighted by molar-refractivity contribution is 7.89. The van der Waals surface area contributed by atoms with Crippen molar-refractivity contribution in [3.05, 3.63) is 47.2 Å². The molecular formula is C15H10ClFN4O2S. The summed E-state index contributed by atoms with van der Waals surface area (Å²) in [4.78, 5) is 2.49. The van der Waals surface area contributed by atoms with Crippen LogP contribution >= 0.6 is 11.6 Å². The third-order valence-electron chi connectivity index (χ3n) is 3.76. The number of aromatic amines is 2. The fourth-order valence-electron chi connectivity index (χ4n) is 2.68. The number of nitrogens with one attached hydrogen (secondary N) is 2. The van der Waals surface area contributed by atoms with Crippen LogP contribution in [0.1, 0.15) is 0 Å². The van der Waals surface area contributed by atoms with Crippen LogP contribution < -0.4 is 5.14 Å². The van der Waals surface area contributed by atoms with Crippen LogP contribution in [0.5, 0.6) is 0 Å². The van der Waals surface area contributed by atoms with Crippen molar-refractivity contribution in [2.75, 3.05) is 0 Å². The summed E-state index contributed by atoms with van der Waals surface area (Å²) in [7, 11) is -4.13. The Morgan fingerprint density at radius 1 is 1.12 bits per heavy atom. The number of H-pyrrole nitrogens is 2. The van der Waals surface area contributed by atoms with Gasteiger partial charge in [-0.25, -0.2) is 17.9 Å². The normalized spacial score (nSPS) is 12.3. The van der Waals surface area contributed by atoms with E-state index < -0.39 is 20.7 Å². The van der Waals surface area contributed by atoms with E-state index in [0.29, 0.717) is 27.3 Å². The number of primary sulfonamides is 1. The minimum Gasteiger partial charge on any atom is -0.353 e. The number of benzene rings is 2. The summed E-state index contributed by atoms with van der Waals surface area (Å²) in [6, 6.07) is 9.29. The SMILES string of the molecule is NS(=O)(=O)c1cc2cc(-c3n[nH]c4cc(Cl)ccc34)[nH]c2cc1F. The van der Waals surface area contributed by atoms with Gasteiger partial charge in [0.05, 0.1) is 11.2 Å². The second kappa shape index (κ2) is 5.04. The molecule has 0 amide bonds. The zero-order valence-corrected chi connectivity index (χ0v) is 13.5. The number of fused-ring (bicyclic) bond motifs is 2. The molecule has 0 aliphatic rings. The number of nitrogens with two attached hydrogens (primary N) is 1. The van der Waals surface area contributed by atoms with Crippen molar-refractivity contribution in [1.82, 2.24) is 15.2 Å². The maximum Gasteiger partial charge on any atom is 0.240 e. The van der Waals surface area contributed by atoms with Gasteiger partial charge in [-0.15, -0.1) is 0 Å². The summed E-state index contributed by atoms with van der Waals surface area (Å²) in [5.41, 5.74) is 2.44. The number of nitrogens with zero attached hydrogens (tertiary/aromatic N) is 1. The fourth-order valence-corrected chi connectivity index (χ4v) is 3.47. The predicted octanol–water partition coefficient (Wildman–Crippen LogP) is 3.15. The Kier molecular flexibility index (Phi) is 3.17. The predicted molar refractivity (Wildman–Crippen MR) is 89.7 cm³/mol. The molecule has 0 unspecified atom stereocenters. The van der Waals surface area contributed by atoms with Gasteiger partial charge in [-0.2, -0.15) is 5.10 Å². The van der Waals surface area contributed by atoms with Crippen LogP contribution in [-0.2, 0) is 10.0 Å². The molecule has 0 bridgehead atoms. The molecule has 2 aromatic carbocycles. The first-order chi connectivity index (χ1) is 11.3. The molecule has 0 saturated carbocycles.